The Morgan fingerprint density at radius 3 is 2.82 bits per heavy atom. The van der Waals surface area contributed by atoms with Gasteiger partial charge in [0, 0.05) is 23.8 Å². The molecule has 7 heteroatoms. The number of hydrogen-bond donors (Lipinski definition) is 1. The summed E-state index contributed by atoms with van der Waals surface area (Å²) in [5, 5.41) is 9.17. The maximum atomic E-state index is 11.8. The van der Waals surface area contributed by atoms with Crippen LogP contribution in [0.25, 0.3) is 11.4 Å². The third-order valence-corrected chi connectivity index (χ3v) is 3.81. The summed E-state index contributed by atoms with van der Waals surface area (Å²) in [7, 11) is 0. The molecule has 0 saturated heterocycles. The molecule has 1 N–H and O–H groups in total. The second-order valence-electron chi connectivity index (χ2n) is 4.72. The fourth-order valence-corrected chi connectivity index (χ4v) is 2.58. The maximum absolute atomic E-state index is 11.8. The van der Waals surface area contributed by atoms with Crippen molar-refractivity contribution in [2.24, 2.45) is 0 Å². The Morgan fingerprint density at radius 1 is 1.27 bits per heavy atom. The van der Waals surface area contributed by atoms with Crippen LogP contribution < -0.4 is 5.32 Å². The van der Waals surface area contributed by atoms with Gasteiger partial charge in [0.15, 0.2) is 5.13 Å². The molecule has 1 aromatic carbocycles. The van der Waals surface area contributed by atoms with E-state index >= 15 is 0 Å². The normalized spacial score (nSPS) is 10.6. The fraction of sp³-hybridized carbons (Fsp3) is 0.200. The zero-order chi connectivity index (χ0) is 15.4. The monoisotopic (exact) mass is 314 g/mol. The van der Waals surface area contributed by atoms with Gasteiger partial charge in [0.25, 0.3) is 0 Å². The Kier molecular flexibility index (Phi) is 4.24. The highest BCUT2D eigenvalue weighted by atomic mass is 32.1. The number of thiazole rings is 1. The van der Waals surface area contributed by atoms with E-state index in [1.165, 1.54) is 11.3 Å². The minimum atomic E-state index is -0.117. The number of carbonyl (C=O) groups excluding carboxylic acids is 1. The fourth-order valence-electron chi connectivity index (χ4n) is 1.87. The average molecular weight is 314 g/mol. The predicted molar refractivity (Wildman–Crippen MR) is 83.5 cm³/mol. The molecule has 0 unspecified atom stereocenters. The van der Waals surface area contributed by atoms with Gasteiger partial charge in [-0.2, -0.15) is 4.98 Å². The molecule has 0 bridgehead atoms. The van der Waals surface area contributed by atoms with Crippen molar-refractivity contribution < 1.29 is 9.32 Å². The van der Waals surface area contributed by atoms with E-state index in [0.717, 1.165) is 11.3 Å². The average Bonchev–Trinajstić information content (AvgIpc) is 3.15. The molecule has 0 atom stereocenters. The quantitative estimate of drug-likeness (QED) is 0.782. The van der Waals surface area contributed by atoms with Gasteiger partial charge in [-0.15, -0.1) is 11.3 Å². The lowest BCUT2D eigenvalue weighted by atomic mass is 10.2. The van der Waals surface area contributed by atoms with E-state index in [-0.39, 0.29) is 12.3 Å². The van der Waals surface area contributed by atoms with Crippen LogP contribution in [0.5, 0.6) is 0 Å². The lowest BCUT2D eigenvalue weighted by molar-refractivity contribution is -0.116. The number of rotatable bonds is 5. The summed E-state index contributed by atoms with van der Waals surface area (Å²) in [4.78, 5) is 20.3. The number of nitrogens with one attached hydrogen (secondary N) is 1. The van der Waals surface area contributed by atoms with E-state index in [4.69, 9.17) is 4.52 Å². The van der Waals surface area contributed by atoms with Gasteiger partial charge in [0.2, 0.25) is 17.6 Å². The van der Waals surface area contributed by atoms with Crippen molar-refractivity contribution in [2.75, 3.05) is 5.32 Å². The summed E-state index contributed by atoms with van der Waals surface area (Å²) in [6.45, 7) is 1.88. The number of benzene rings is 1. The van der Waals surface area contributed by atoms with Crippen molar-refractivity contribution in [3.05, 3.63) is 47.3 Å². The van der Waals surface area contributed by atoms with Crippen molar-refractivity contribution in [3.63, 3.8) is 0 Å². The van der Waals surface area contributed by atoms with Crippen molar-refractivity contribution in [3.8, 4) is 11.4 Å². The van der Waals surface area contributed by atoms with Crippen molar-refractivity contribution in [1.29, 1.82) is 0 Å². The Bertz CT molecular complexity index is 767. The number of carbonyl (C=O) groups is 1. The summed E-state index contributed by atoms with van der Waals surface area (Å²) in [5.41, 5.74) is 1.78. The second kappa shape index (κ2) is 6.48. The van der Waals surface area contributed by atoms with Crippen LogP contribution >= 0.6 is 11.3 Å². The van der Waals surface area contributed by atoms with Gasteiger partial charge >= 0.3 is 0 Å². The molecule has 0 spiro atoms. The molecule has 3 aromatic rings. The van der Waals surface area contributed by atoms with Crippen LogP contribution in [0.2, 0.25) is 0 Å². The van der Waals surface area contributed by atoms with Crippen LogP contribution in [0.4, 0.5) is 5.13 Å². The highest BCUT2D eigenvalue weighted by Gasteiger charge is 2.11. The van der Waals surface area contributed by atoms with Crippen molar-refractivity contribution in [2.45, 2.75) is 19.8 Å². The number of nitrogens with zero attached hydrogens (tertiary/aromatic N) is 3. The van der Waals surface area contributed by atoms with Crippen molar-refractivity contribution >= 4 is 22.4 Å². The van der Waals surface area contributed by atoms with Gasteiger partial charge in [0.05, 0.1) is 5.69 Å². The molecule has 6 nitrogen and oxygen atoms in total. The van der Waals surface area contributed by atoms with Gasteiger partial charge in [-0.25, -0.2) is 4.98 Å². The Morgan fingerprint density at radius 2 is 2.09 bits per heavy atom. The summed E-state index contributed by atoms with van der Waals surface area (Å²) in [6, 6.07) is 9.57. The molecule has 112 valence electrons. The Hall–Kier alpha value is -2.54. The highest BCUT2D eigenvalue weighted by Crippen LogP contribution is 2.17. The van der Waals surface area contributed by atoms with E-state index in [1.807, 2.05) is 42.6 Å². The summed E-state index contributed by atoms with van der Waals surface area (Å²) in [5.74, 6) is 0.865. The zero-order valence-electron chi connectivity index (χ0n) is 11.9. The van der Waals surface area contributed by atoms with Crippen LogP contribution in [0.15, 0.2) is 40.2 Å². The van der Waals surface area contributed by atoms with Crippen LogP contribution in [-0.2, 0) is 11.2 Å². The minimum Gasteiger partial charge on any atom is -0.339 e. The molecule has 0 fully saturated rings. The number of hydrogen-bond acceptors (Lipinski definition) is 6. The number of aromatic nitrogens is 3. The molecule has 22 heavy (non-hydrogen) atoms. The predicted octanol–water partition coefficient (Wildman–Crippen LogP) is 3.07. The van der Waals surface area contributed by atoms with Gasteiger partial charge in [-0.3, -0.25) is 4.79 Å². The van der Waals surface area contributed by atoms with E-state index in [9.17, 15) is 4.79 Å². The molecule has 0 radical (unpaired) electrons. The number of anilines is 1. The second-order valence-corrected chi connectivity index (χ2v) is 5.58. The SMILES string of the molecule is Cc1csc(NC(=O)CCc2nc(-c3ccccc3)no2)n1. The molecule has 0 aliphatic carbocycles. The maximum Gasteiger partial charge on any atom is 0.227 e. The van der Waals surface area contributed by atoms with Gasteiger partial charge in [-0.05, 0) is 6.92 Å². The molecular weight excluding hydrogens is 300 g/mol. The Balaban J connectivity index is 1.56. The molecular formula is C15H14N4O2S. The first kappa shape index (κ1) is 14.4. The summed E-state index contributed by atoms with van der Waals surface area (Å²) < 4.78 is 5.17. The first-order valence-corrected chi connectivity index (χ1v) is 7.68. The smallest absolute Gasteiger partial charge is 0.227 e. The van der Waals surface area contributed by atoms with Crippen LogP contribution in [0.1, 0.15) is 18.0 Å². The first-order chi connectivity index (χ1) is 10.7. The molecule has 1 amide bonds. The standard InChI is InChI=1S/C15H14N4O2S/c1-10-9-22-15(16-10)17-12(20)7-8-13-18-14(19-21-13)11-5-3-2-4-6-11/h2-6,9H,7-8H2,1H3,(H,16,17,20). The molecule has 0 aliphatic heterocycles. The van der Waals surface area contributed by atoms with Gasteiger partial charge in [-0.1, -0.05) is 35.5 Å². The van der Waals surface area contributed by atoms with Crippen LogP contribution in [0.3, 0.4) is 0 Å². The summed E-state index contributed by atoms with van der Waals surface area (Å²) in [6.07, 6.45) is 0.672. The first-order valence-electron chi connectivity index (χ1n) is 6.81. The third kappa shape index (κ3) is 3.56. The van der Waals surface area contributed by atoms with Crippen LogP contribution in [-0.4, -0.2) is 21.0 Å². The highest BCUT2D eigenvalue weighted by molar-refractivity contribution is 7.13. The zero-order valence-corrected chi connectivity index (χ0v) is 12.8. The summed E-state index contributed by atoms with van der Waals surface area (Å²) >= 11 is 1.41. The molecule has 2 heterocycles. The van der Waals surface area contributed by atoms with Gasteiger partial charge < -0.3 is 9.84 Å². The van der Waals surface area contributed by atoms with E-state index in [2.05, 4.69) is 20.4 Å². The topological polar surface area (TPSA) is 80.9 Å². The molecule has 2 aromatic heterocycles. The largest absolute Gasteiger partial charge is 0.339 e. The van der Waals surface area contributed by atoms with Crippen LogP contribution in [0, 0.1) is 6.92 Å². The minimum absolute atomic E-state index is 0.117. The Labute approximate surface area is 131 Å². The lowest BCUT2D eigenvalue weighted by Crippen LogP contribution is -2.12. The van der Waals surface area contributed by atoms with E-state index < -0.39 is 0 Å². The number of amides is 1. The lowest BCUT2D eigenvalue weighted by Gasteiger charge is -1.98. The number of aryl methyl sites for hydroxylation is 2. The van der Waals surface area contributed by atoms with Crippen molar-refractivity contribution in [1.82, 2.24) is 15.1 Å². The van der Waals surface area contributed by atoms with E-state index in [0.29, 0.717) is 23.3 Å². The third-order valence-electron chi connectivity index (χ3n) is 2.93. The van der Waals surface area contributed by atoms with Gasteiger partial charge in [0.1, 0.15) is 0 Å². The molecule has 3 rings (SSSR count). The molecule has 0 saturated carbocycles. The van der Waals surface area contributed by atoms with E-state index in [1.54, 1.807) is 0 Å². The molecule has 0 aliphatic rings.